The second kappa shape index (κ2) is 3.00. The van der Waals surface area contributed by atoms with E-state index in [0.717, 1.165) is 5.48 Å². The van der Waals surface area contributed by atoms with Crippen molar-refractivity contribution in [2.24, 2.45) is 0 Å². The molecule has 0 heterocycles. The molecule has 6 nitrogen and oxygen atoms in total. The minimum absolute atomic E-state index is 1.10. The molecule has 6 heteroatoms. The normalized spacial score (nSPS) is 9.56. The molecule has 0 aliphatic carbocycles. The average Bonchev–Trinajstić information content (AvgIpc) is 1.64. The molecule has 0 unspecified atom stereocenters. The van der Waals surface area contributed by atoms with Crippen LogP contribution in [0.3, 0.4) is 0 Å². The Labute approximate surface area is 49.7 Å². The number of carboxylic acid groups (broad SMARTS) is 2. The second-order valence-electron chi connectivity index (χ2n) is 1.24. The van der Waals surface area contributed by atoms with E-state index in [-0.39, 0.29) is 0 Å². The lowest BCUT2D eigenvalue weighted by Gasteiger charge is -2.01. The van der Waals surface area contributed by atoms with Gasteiger partial charge in [0.05, 0.1) is 0 Å². The summed E-state index contributed by atoms with van der Waals surface area (Å²) in [7, 11) is 0. The van der Waals surface area contributed by atoms with Crippen LogP contribution in [0.5, 0.6) is 0 Å². The summed E-state index contributed by atoms with van der Waals surface area (Å²) in [5.74, 6) is -3.27. The van der Waals surface area contributed by atoms with Gasteiger partial charge >= 0.3 is 11.9 Å². The van der Waals surface area contributed by atoms with Crippen LogP contribution in [0.2, 0.25) is 0 Å². The second-order valence-corrected chi connectivity index (χ2v) is 1.24. The van der Waals surface area contributed by atoms with Crippen molar-refractivity contribution in [1.29, 1.82) is 0 Å². The maximum absolute atomic E-state index is 9.77. The quantitative estimate of drug-likeness (QED) is 0.277. The van der Waals surface area contributed by atoms with Crippen LogP contribution in [-0.2, 0) is 9.59 Å². The van der Waals surface area contributed by atoms with Gasteiger partial charge in [0.1, 0.15) is 0 Å². The molecule has 0 aliphatic rings. The monoisotopic (exact) mass is 135 g/mol. The molecule has 0 spiro atoms. The molecule has 0 aromatic carbocycles. The maximum atomic E-state index is 9.77. The zero-order valence-corrected chi connectivity index (χ0v) is 4.24. The molecule has 0 amide bonds. The number of carboxylic acids is 2. The zero-order valence-electron chi connectivity index (χ0n) is 4.24. The van der Waals surface area contributed by atoms with E-state index in [9.17, 15) is 9.59 Å². The summed E-state index contributed by atoms with van der Waals surface area (Å²) in [6.07, 6.45) is 0. The molecule has 0 saturated heterocycles. The molecular formula is C3H5NO5. The third-order valence-electron chi connectivity index (χ3n) is 0.623. The van der Waals surface area contributed by atoms with Crippen molar-refractivity contribution in [2.75, 3.05) is 0 Å². The number of carbonyl (C=O) groups is 2. The van der Waals surface area contributed by atoms with Gasteiger partial charge < -0.3 is 15.4 Å². The predicted octanol–water partition coefficient (Wildman–Crippen LogP) is -1.50. The summed E-state index contributed by atoms with van der Waals surface area (Å²) in [5.41, 5.74) is 1.10. The van der Waals surface area contributed by atoms with Gasteiger partial charge in [-0.05, 0) is 0 Å². The Morgan fingerprint density at radius 3 is 1.56 bits per heavy atom. The van der Waals surface area contributed by atoms with E-state index in [0.29, 0.717) is 0 Å². The molecule has 0 bridgehead atoms. The molecule has 4 N–H and O–H groups in total. The highest BCUT2D eigenvalue weighted by Gasteiger charge is 2.23. The minimum atomic E-state index is -1.94. The first-order valence-corrected chi connectivity index (χ1v) is 1.95. The van der Waals surface area contributed by atoms with Crippen molar-refractivity contribution < 1.29 is 25.0 Å². The third-order valence-corrected chi connectivity index (χ3v) is 0.623. The SMILES string of the molecule is O=C(O)C(NO)C(=O)O. The Balaban J connectivity index is 3.99. The van der Waals surface area contributed by atoms with Gasteiger partial charge in [0.15, 0.2) is 0 Å². The first-order valence-electron chi connectivity index (χ1n) is 1.95. The molecule has 0 atom stereocenters. The van der Waals surface area contributed by atoms with Gasteiger partial charge in [-0.3, -0.25) is 0 Å². The fourth-order valence-corrected chi connectivity index (χ4v) is 0.216. The highest BCUT2D eigenvalue weighted by atomic mass is 16.5. The standard InChI is InChI=1S/C3H5NO5/c5-2(6)1(4-9)3(7)8/h1,4,9H,(H,5,6)(H,7,8). The largest absolute Gasteiger partial charge is 0.480 e. The molecule has 0 rings (SSSR count). The molecule has 0 aromatic heterocycles. The molecule has 0 aliphatic heterocycles. The molecule has 0 fully saturated rings. The summed E-state index contributed by atoms with van der Waals surface area (Å²) >= 11 is 0. The van der Waals surface area contributed by atoms with Crippen LogP contribution in [0.4, 0.5) is 0 Å². The number of hydroxylamine groups is 1. The van der Waals surface area contributed by atoms with Crippen molar-refractivity contribution in [1.82, 2.24) is 5.48 Å². The van der Waals surface area contributed by atoms with Crippen molar-refractivity contribution in [3.63, 3.8) is 0 Å². The number of hydrogen-bond acceptors (Lipinski definition) is 4. The number of rotatable bonds is 3. The Bertz CT molecular complexity index is 118. The van der Waals surface area contributed by atoms with Gasteiger partial charge in [0, 0.05) is 0 Å². The molecule has 52 valence electrons. The first kappa shape index (κ1) is 7.86. The molecular weight excluding hydrogens is 130 g/mol. The molecule has 9 heavy (non-hydrogen) atoms. The van der Waals surface area contributed by atoms with E-state index in [1.54, 1.807) is 0 Å². The van der Waals surface area contributed by atoms with Crippen LogP contribution < -0.4 is 5.48 Å². The summed E-state index contributed by atoms with van der Waals surface area (Å²) in [6.45, 7) is 0. The predicted molar refractivity (Wildman–Crippen MR) is 24.0 cm³/mol. The number of aliphatic carboxylic acids is 2. The van der Waals surface area contributed by atoms with Gasteiger partial charge in [-0.1, -0.05) is 0 Å². The van der Waals surface area contributed by atoms with E-state index < -0.39 is 18.0 Å². The van der Waals surface area contributed by atoms with Crippen LogP contribution in [0.15, 0.2) is 0 Å². The van der Waals surface area contributed by atoms with Crippen LogP contribution in [0.25, 0.3) is 0 Å². The van der Waals surface area contributed by atoms with Crippen molar-refractivity contribution in [3.8, 4) is 0 Å². The Morgan fingerprint density at radius 2 is 1.56 bits per heavy atom. The third kappa shape index (κ3) is 2.06. The van der Waals surface area contributed by atoms with Crippen molar-refractivity contribution in [3.05, 3.63) is 0 Å². The molecule has 0 aromatic rings. The Morgan fingerprint density at radius 1 is 1.22 bits per heavy atom. The highest BCUT2D eigenvalue weighted by Crippen LogP contribution is 1.80. The minimum Gasteiger partial charge on any atom is -0.480 e. The van der Waals surface area contributed by atoms with Crippen LogP contribution in [0.1, 0.15) is 0 Å². The molecule has 0 radical (unpaired) electrons. The topological polar surface area (TPSA) is 107 Å². The summed E-state index contributed by atoms with van der Waals surface area (Å²) in [4.78, 5) is 19.5. The Hall–Kier alpha value is -1.14. The van der Waals surface area contributed by atoms with Gasteiger partial charge in [0.25, 0.3) is 0 Å². The van der Waals surface area contributed by atoms with E-state index in [4.69, 9.17) is 15.4 Å². The highest BCUT2D eigenvalue weighted by molar-refractivity contribution is 5.96. The number of hydrogen-bond donors (Lipinski definition) is 4. The maximum Gasteiger partial charge on any atom is 0.334 e. The smallest absolute Gasteiger partial charge is 0.334 e. The summed E-state index contributed by atoms with van der Waals surface area (Å²) in [6, 6.07) is -1.94. The van der Waals surface area contributed by atoms with Gasteiger partial charge in [-0.2, -0.15) is 5.48 Å². The van der Waals surface area contributed by atoms with E-state index >= 15 is 0 Å². The molecule has 0 saturated carbocycles. The first-order chi connectivity index (χ1) is 4.09. The van der Waals surface area contributed by atoms with E-state index in [2.05, 4.69) is 0 Å². The van der Waals surface area contributed by atoms with E-state index in [1.807, 2.05) is 0 Å². The Kier molecular flexibility index (Phi) is 2.62. The van der Waals surface area contributed by atoms with Crippen molar-refractivity contribution >= 4 is 11.9 Å². The van der Waals surface area contributed by atoms with Crippen molar-refractivity contribution in [2.45, 2.75) is 6.04 Å². The fourth-order valence-electron chi connectivity index (χ4n) is 0.216. The van der Waals surface area contributed by atoms with Gasteiger partial charge in [-0.15, -0.1) is 0 Å². The van der Waals surface area contributed by atoms with Gasteiger partial charge in [-0.25, -0.2) is 9.59 Å². The number of nitrogens with one attached hydrogen (secondary N) is 1. The fraction of sp³-hybridized carbons (Fsp3) is 0.333. The van der Waals surface area contributed by atoms with Crippen LogP contribution in [-0.4, -0.2) is 33.4 Å². The van der Waals surface area contributed by atoms with Crippen LogP contribution >= 0.6 is 0 Å². The summed E-state index contributed by atoms with van der Waals surface area (Å²) in [5, 5.41) is 23.7. The zero-order chi connectivity index (χ0) is 7.44. The average molecular weight is 135 g/mol. The summed E-state index contributed by atoms with van der Waals surface area (Å²) < 4.78 is 0. The lowest BCUT2D eigenvalue weighted by Crippen LogP contribution is -2.41. The van der Waals surface area contributed by atoms with Gasteiger partial charge in [0.2, 0.25) is 6.04 Å². The van der Waals surface area contributed by atoms with Crippen LogP contribution in [0, 0.1) is 0 Å². The van der Waals surface area contributed by atoms with E-state index in [1.165, 1.54) is 0 Å². The lowest BCUT2D eigenvalue weighted by atomic mass is 10.3. The lowest BCUT2D eigenvalue weighted by molar-refractivity contribution is -0.154.